The van der Waals surface area contributed by atoms with Crippen LogP contribution in [0.2, 0.25) is 5.02 Å². The van der Waals surface area contributed by atoms with Gasteiger partial charge in [-0.2, -0.15) is 0 Å². The average molecular weight is 344 g/mol. The van der Waals surface area contributed by atoms with E-state index >= 15 is 0 Å². The fraction of sp³-hybridized carbons (Fsp3) is 0.111. The molecule has 0 radical (unpaired) electrons. The molecule has 1 amide bonds. The van der Waals surface area contributed by atoms with Gasteiger partial charge in [-0.1, -0.05) is 48.0 Å². The zero-order chi connectivity index (χ0) is 17.1. The van der Waals surface area contributed by atoms with E-state index in [1.807, 2.05) is 30.3 Å². The number of hydrogen-bond acceptors (Lipinski definition) is 2. The quantitative estimate of drug-likeness (QED) is 0.739. The average Bonchev–Trinajstić information content (AvgIpc) is 3.05. The van der Waals surface area contributed by atoms with Gasteiger partial charge in [0, 0.05) is 0 Å². The molecule has 122 valence electrons. The Labute approximate surface area is 143 Å². The SMILES string of the molecule is C[C@H](NC(=O)c1c(F)cccc1Cl)c1ncc(-c2ccccc2)[nH]1. The van der Waals surface area contributed by atoms with Crippen molar-refractivity contribution in [3.63, 3.8) is 0 Å². The van der Waals surface area contributed by atoms with Gasteiger partial charge in [0.1, 0.15) is 11.6 Å². The van der Waals surface area contributed by atoms with Gasteiger partial charge in [-0.25, -0.2) is 9.37 Å². The minimum absolute atomic E-state index is 0.0733. The Kier molecular flexibility index (Phi) is 4.62. The molecule has 0 saturated carbocycles. The maximum absolute atomic E-state index is 13.8. The van der Waals surface area contributed by atoms with E-state index in [-0.39, 0.29) is 10.6 Å². The van der Waals surface area contributed by atoms with Crippen molar-refractivity contribution in [2.45, 2.75) is 13.0 Å². The second-order valence-corrected chi connectivity index (χ2v) is 5.75. The number of nitrogens with zero attached hydrogens (tertiary/aromatic N) is 1. The Hall–Kier alpha value is -2.66. The minimum atomic E-state index is -0.656. The fourth-order valence-corrected chi connectivity index (χ4v) is 2.62. The zero-order valence-electron chi connectivity index (χ0n) is 12.9. The van der Waals surface area contributed by atoms with Crippen LogP contribution in [0.3, 0.4) is 0 Å². The van der Waals surface area contributed by atoms with E-state index in [4.69, 9.17) is 11.6 Å². The lowest BCUT2D eigenvalue weighted by molar-refractivity contribution is 0.0934. The van der Waals surface area contributed by atoms with Crippen LogP contribution < -0.4 is 5.32 Å². The predicted octanol–water partition coefficient (Wildman–Crippen LogP) is 4.36. The van der Waals surface area contributed by atoms with Crippen LogP contribution in [0.4, 0.5) is 4.39 Å². The Morgan fingerprint density at radius 2 is 1.96 bits per heavy atom. The molecular weight excluding hydrogens is 329 g/mol. The number of nitrogens with one attached hydrogen (secondary N) is 2. The number of amides is 1. The van der Waals surface area contributed by atoms with E-state index in [9.17, 15) is 9.18 Å². The molecule has 3 aromatic rings. The lowest BCUT2D eigenvalue weighted by Gasteiger charge is -2.13. The van der Waals surface area contributed by atoms with Crippen LogP contribution in [0.1, 0.15) is 29.1 Å². The molecule has 6 heteroatoms. The molecule has 24 heavy (non-hydrogen) atoms. The highest BCUT2D eigenvalue weighted by molar-refractivity contribution is 6.33. The first-order chi connectivity index (χ1) is 11.6. The van der Waals surface area contributed by atoms with E-state index < -0.39 is 17.8 Å². The maximum atomic E-state index is 13.8. The molecule has 0 aliphatic heterocycles. The van der Waals surface area contributed by atoms with Gasteiger partial charge in [0.2, 0.25) is 0 Å². The van der Waals surface area contributed by atoms with Crippen molar-refractivity contribution in [1.82, 2.24) is 15.3 Å². The summed E-state index contributed by atoms with van der Waals surface area (Å²) >= 11 is 5.91. The number of rotatable bonds is 4. The molecule has 3 rings (SSSR count). The van der Waals surface area contributed by atoms with Crippen LogP contribution in [0, 0.1) is 5.82 Å². The highest BCUT2D eigenvalue weighted by Crippen LogP contribution is 2.21. The largest absolute Gasteiger partial charge is 0.342 e. The van der Waals surface area contributed by atoms with E-state index in [0.29, 0.717) is 5.82 Å². The smallest absolute Gasteiger partial charge is 0.256 e. The molecule has 0 aliphatic rings. The van der Waals surface area contributed by atoms with Crippen molar-refractivity contribution in [2.24, 2.45) is 0 Å². The first-order valence-electron chi connectivity index (χ1n) is 7.41. The maximum Gasteiger partial charge on any atom is 0.256 e. The Bertz CT molecular complexity index is 843. The number of aromatic amines is 1. The number of H-pyrrole nitrogens is 1. The number of hydrogen-bond donors (Lipinski definition) is 2. The van der Waals surface area contributed by atoms with Crippen LogP contribution in [0.5, 0.6) is 0 Å². The van der Waals surface area contributed by atoms with Crippen molar-refractivity contribution in [3.05, 3.63) is 77.0 Å². The molecule has 2 N–H and O–H groups in total. The Morgan fingerprint density at radius 1 is 1.21 bits per heavy atom. The van der Waals surface area contributed by atoms with Crippen molar-refractivity contribution < 1.29 is 9.18 Å². The zero-order valence-corrected chi connectivity index (χ0v) is 13.6. The molecule has 1 heterocycles. The van der Waals surface area contributed by atoms with Crippen molar-refractivity contribution in [1.29, 1.82) is 0 Å². The molecule has 2 aromatic carbocycles. The molecule has 1 aromatic heterocycles. The monoisotopic (exact) mass is 343 g/mol. The number of benzene rings is 2. The van der Waals surface area contributed by atoms with Crippen LogP contribution in [0.15, 0.2) is 54.7 Å². The molecule has 1 atom stereocenters. The molecule has 0 unspecified atom stereocenters. The fourth-order valence-electron chi connectivity index (χ4n) is 2.37. The summed E-state index contributed by atoms with van der Waals surface area (Å²) in [7, 11) is 0. The predicted molar refractivity (Wildman–Crippen MR) is 91.3 cm³/mol. The molecular formula is C18H15ClFN3O. The van der Waals surface area contributed by atoms with E-state index in [2.05, 4.69) is 15.3 Å². The molecule has 0 aliphatic carbocycles. The number of halogens is 2. The van der Waals surface area contributed by atoms with Gasteiger partial charge in [0.05, 0.1) is 28.5 Å². The first-order valence-corrected chi connectivity index (χ1v) is 7.79. The lowest BCUT2D eigenvalue weighted by Crippen LogP contribution is -2.28. The topological polar surface area (TPSA) is 57.8 Å². The van der Waals surface area contributed by atoms with Gasteiger partial charge in [0.15, 0.2) is 0 Å². The van der Waals surface area contributed by atoms with E-state index in [1.165, 1.54) is 18.2 Å². The molecule has 0 saturated heterocycles. The highest BCUT2D eigenvalue weighted by atomic mass is 35.5. The second-order valence-electron chi connectivity index (χ2n) is 5.34. The van der Waals surface area contributed by atoms with E-state index in [0.717, 1.165) is 11.3 Å². The normalized spacial score (nSPS) is 12.0. The summed E-state index contributed by atoms with van der Waals surface area (Å²) in [6.07, 6.45) is 1.70. The van der Waals surface area contributed by atoms with Gasteiger partial charge in [-0.15, -0.1) is 0 Å². The Morgan fingerprint density at radius 3 is 2.67 bits per heavy atom. The molecule has 0 fully saturated rings. The molecule has 0 bridgehead atoms. The summed E-state index contributed by atoms with van der Waals surface area (Å²) in [6.45, 7) is 1.76. The van der Waals surface area contributed by atoms with Crippen LogP contribution in [-0.4, -0.2) is 15.9 Å². The minimum Gasteiger partial charge on any atom is -0.342 e. The van der Waals surface area contributed by atoms with Crippen molar-refractivity contribution in [3.8, 4) is 11.3 Å². The molecule has 4 nitrogen and oxygen atoms in total. The second kappa shape index (κ2) is 6.84. The lowest BCUT2D eigenvalue weighted by atomic mass is 10.1. The summed E-state index contributed by atoms with van der Waals surface area (Å²) in [6, 6.07) is 13.4. The summed E-state index contributed by atoms with van der Waals surface area (Å²) in [5.41, 5.74) is 1.67. The van der Waals surface area contributed by atoms with Gasteiger partial charge in [0.25, 0.3) is 5.91 Å². The summed E-state index contributed by atoms with van der Waals surface area (Å²) in [5, 5.41) is 2.78. The van der Waals surface area contributed by atoms with Crippen LogP contribution >= 0.6 is 11.6 Å². The Balaban J connectivity index is 1.77. The highest BCUT2D eigenvalue weighted by Gasteiger charge is 2.19. The van der Waals surface area contributed by atoms with Gasteiger partial charge >= 0.3 is 0 Å². The van der Waals surface area contributed by atoms with Crippen molar-refractivity contribution >= 4 is 17.5 Å². The first kappa shape index (κ1) is 16.2. The van der Waals surface area contributed by atoms with Crippen LogP contribution in [-0.2, 0) is 0 Å². The summed E-state index contributed by atoms with van der Waals surface area (Å²) in [4.78, 5) is 19.7. The summed E-state index contributed by atoms with van der Waals surface area (Å²) in [5.74, 6) is -0.658. The van der Waals surface area contributed by atoms with Gasteiger partial charge in [-0.3, -0.25) is 4.79 Å². The number of carbonyl (C=O) groups is 1. The third-order valence-electron chi connectivity index (χ3n) is 3.63. The van der Waals surface area contributed by atoms with Crippen LogP contribution in [0.25, 0.3) is 11.3 Å². The number of imidazole rings is 1. The van der Waals surface area contributed by atoms with Crippen molar-refractivity contribution in [2.75, 3.05) is 0 Å². The number of aromatic nitrogens is 2. The standard InChI is InChI=1S/C18H15ClFN3O/c1-11(22-18(24)16-13(19)8-5-9-14(16)20)17-21-10-15(23-17)12-6-3-2-4-7-12/h2-11H,1H3,(H,21,23)(H,22,24)/t11-/m0/s1. The summed E-state index contributed by atoms with van der Waals surface area (Å²) < 4.78 is 13.8. The number of carbonyl (C=O) groups excluding carboxylic acids is 1. The van der Waals surface area contributed by atoms with Gasteiger partial charge < -0.3 is 10.3 Å². The molecule has 0 spiro atoms. The third kappa shape index (κ3) is 3.31. The van der Waals surface area contributed by atoms with E-state index in [1.54, 1.807) is 13.1 Å². The van der Waals surface area contributed by atoms with Gasteiger partial charge in [-0.05, 0) is 24.6 Å². The third-order valence-corrected chi connectivity index (χ3v) is 3.94.